The molecule has 2 rings (SSSR count). The molecule has 0 aliphatic heterocycles. The maximum atomic E-state index is 12.2. The number of aliphatic hydroxyl groups excluding tert-OH is 1. The summed E-state index contributed by atoms with van der Waals surface area (Å²) in [5.74, 6) is 0.182. The molecule has 1 atom stereocenters. The molecule has 0 saturated carbocycles. The summed E-state index contributed by atoms with van der Waals surface area (Å²) in [6, 6.07) is 5.10. The fourth-order valence-corrected chi connectivity index (χ4v) is 2.88. The van der Waals surface area contributed by atoms with Crippen LogP contribution < -0.4 is 15.4 Å². The van der Waals surface area contributed by atoms with E-state index in [9.17, 15) is 18.3 Å². The van der Waals surface area contributed by atoms with Crippen molar-refractivity contribution in [3.63, 3.8) is 0 Å². The largest absolute Gasteiger partial charge is 0.573 e. The number of ether oxygens (including phenoxy) is 1. The quantitative estimate of drug-likeness (QED) is 0.490. The Morgan fingerprint density at radius 3 is 2.56 bits per heavy atom. The van der Waals surface area contributed by atoms with Crippen molar-refractivity contribution in [2.45, 2.75) is 32.9 Å². The first kappa shape index (κ1) is 21.0. The summed E-state index contributed by atoms with van der Waals surface area (Å²) in [6.45, 7) is 5.08. The summed E-state index contributed by atoms with van der Waals surface area (Å²) < 4.78 is 40.3. The molecule has 0 aliphatic rings. The second-order valence-electron chi connectivity index (χ2n) is 5.57. The molecule has 0 saturated heterocycles. The van der Waals surface area contributed by atoms with Crippen LogP contribution in [0.5, 0.6) is 5.75 Å². The number of aryl methyl sites for hydroxylation is 1. The Morgan fingerprint density at radius 1 is 1.30 bits per heavy atom. The van der Waals surface area contributed by atoms with Gasteiger partial charge in [0.05, 0.1) is 12.6 Å². The first-order valence-electron chi connectivity index (χ1n) is 8.24. The number of halogens is 3. The highest BCUT2D eigenvalue weighted by Gasteiger charge is 2.31. The number of thiazole rings is 1. The van der Waals surface area contributed by atoms with Gasteiger partial charge in [-0.05, 0) is 31.5 Å². The van der Waals surface area contributed by atoms with Crippen molar-refractivity contribution in [3.8, 4) is 5.75 Å². The summed E-state index contributed by atoms with van der Waals surface area (Å²) in [5.41, 5.74) is 0.462. The van der Waals surface area contributed by atoms with Gasteiger partial charge in [-0.25, -0.2) is 9.98 Å². The highest BCUT2D eigenvalue weighted by atomic mass is 32.1. The Hall–Kier alpha value is -2.33. The number of alkyl halides is 3. The molecule has 2 aromatic rings. The van der Waals surface area contributed by atoms with Crippen LogP contribution in [0, 0.1) is 6.92 Å². The summed E-state index contributed by atoms with van der Waals surface area (Å²) in [6.07, 6.45) is -3.88. The van der Waals surface area contributed by atoms with Gasteiger partial charge in [-0.15, -0.1) is 24.5 Å². The number of nitrogens with one attached hydrogen (secondary N) is 2. The van der Waals surface area contributed by atoms with Crippen molar-refractivity contribution in [2.24, 2.45) is 4.99 Å². The van der Waals surface area contributed by atoms with Crippen LogP contribution in [0.25, 0.3) is 0 Å². The Kier molecular flexibility index (Phi) is 7.43. The molecule has 1 aromatic carbocycles. The van der Waals surface area contributed by atoms with E-state index < -0.39 is 12.5 Å². The monoisotopic (exact) mass is 402 g/mol. The van der Waals surface area contributed by atoms with E-state index in [-0.39, 0.29) is 12.3 Å². The number of aromatic nitrogens is 1. The molecule has 1 aromatic heterocycles. The molecular weight excluding hydrogens is 381 g/mol. The Balaban J connectivity index is 1.91. The minimum absolute atomic E-state index is 0.141. The topological polar surface area (TPSA) is 78.8 Å². The molecule has 0 amide bonds. The zero-order valence-electron chi connectivity index (χ0n) is 14.9. The van der Waals surface area contributed by atoms with Gasteiger partial charge in [-0.1, -0.05) is 12.1 Å². The van der Waals surface area contributed by atoms with Crippen LogP contribution in [0.2, 0.25) is 0 Å². The molecule has 3 N–H and O–H groups in total. The third-order valence-corrected chi connectivity index (χ3v) is 4.24. The predicted octanol–water partition coefficient (Wildman–Crippen LogP) is 3.14. The smallest absolute Gasteiger partial charge is 0.406 e. The zero-order chi connectivity index (χ0) is 19.9. The molecule has 0 aliphatic carbocycles. The molecule has 0 bridgehead atoms. The SMILES string of the molecule is CCNC(=NCc1ncc(C)s1)NCC(O)c1ccc(OC(F)(F)F)cc1. The second kappa shape index (κ2) is 9.56. The molecule has 27 heavy (non-hydrogen) atoms. The lowest BCUT2D eigenvalue weighted by atomic mass is 10.1. The number of hydrogen-bond donors (Lipinski definition) is 3. The fourth-order valence-electron chi connectivity index (χ4n) is 2.17. The lowest BCUT2D eigenvalue weighted by molar-refractivity contribution is -0.274. The average Bonchev–Trinajstić information content (AvgIpc) is 3.01. The molecule has 0 spiro atoms. The van der Waals surface area contributed by atoms with Gasteiger partial charge in [0.2, 0.25) is 0 Å². The number of aliphatic imine (C=N–C) groups is 1. The molecule has 0 radical (unpaired) electrons. The van der Waals surface area contributed by atoms with Gasteiger partial charge in [0.25, 0.3) is 0 Å². The molecule has 0 fully saturated rings. The van der Waals surface area contributed by atoms with Crippen LogP contribution >= 0.6 is 11.3 Å². The normalized spacial score (nSPS) is 13.3. The first-order valence-corrected chi connectivity index (χ1v) is 9.05. The molecule has 10 heteroatoms. The van der Waals surface area contributed by atoms with Gasteiger partial charge in [0, 0.05) is 24.2 Å². The molecule has 148 valence electrons. The summed E-state index contributed by atoms with van der Waals surface area (Å²) in [5, 5.41) is 17.2. The van der Waals surface area contributed by atoms with Crippen molar-refractivity contribution in [3.05, 3.63) is 45.9 Å². The number of rotatable bonds is 7. The molecule has 1 unspecified atom stereocenters. The lowest BCUT2D eigenvalue weighted by Gasteiger charge is -2.16. The van der Waals surface area contributed by atoms with E-state index in [1.807, 2.05) is 13.8 Å². The van der Waals surface area contributed by atoms with Gasteiger partial charge in [0.15, 0.2) is 5.96 Å². The van der Waals surface area contributed by atoms with Crippen LogP contribution in [0.4, 0.5) is 13.2 Å². The standard InChI is InChI=1S/C17H21F3N4O2S/c1-3-21-16(24-10-15-22-8-11(2)27-15)23-9-14(25)12-4-6-13(7-5-12)26-17(18,19)20/h4-8,14,25H,3,9-10H2,1-2H3,(H2,21,23,24). The Bertz CT molecular complexity index is 747. The predicted molar refractivity (Wildman–Crippen MR) is 97.8 cm³/mol. The van der Waals surface area contributed by atoms with Crippen LogP contribution in [0.1, 0.15) is 28.5 Å². The molecule has 1 heterocycles. The average molecular weight is 402 g/mol. The van der Waals surface area contributed by atoms with Gasteiger partial charge < -0.3 is 20.5 Å². The zero-order valence-corrected chi connectivity index (χ0v) is 15.7. The molecule has 6 nitrogen and oxygen atoms in total. The van der Waals surface area contributed by atoms with Crippen molar-refractivity contribution in [1.29, 1.82) is 0 Å². The number of aliphatic hydroxyl groups is 1. The Morgan fingerprint density at radius 2 is 2.00 bits per heavy atom. The van der Waals surface area contributed by atoms with Crippen LogP contribution in [0.3, 0.4) is 0 Å². The van der Waals surface area contributed by atoms with Crippen LogP contribution in [0.15, 0.2) is 35.5 Å². The van der Waals surface area contributed by atoms with E-state index in [0.29, 0.717) is 24.6 Å². The van der Waals surface area contributed by atoms with E-state index in [0.717, 1.165) is 22.0 Å². The third kappa shape index (κ3) is 7.43. The van der Waals surface area contributed by atoms with Gasteiger partial charge in [-0.3, -0.25) is 0 Å². The van der Waals surface area contributed by atoms with Crippen LogP contribution in [-0.4, -0.2) is 35.5 Å². The van der Waals surface area contributed by atoms with Crippen molar-refractivity contribution < 1.29 is 23.0 Å². The first-order chi connectivity index (χ1) is 12.8. The number of nitrogens with zero attached hydrogens (tertiary/aromatic N) is 2. The lowest BCUT2D eigenvalue weighted by Crippen LogP contribution is -2.39. The highest BCUT2D eigenvalue weighted by Crippen LogP contribution is 2.24. The minimum atomic E-state index is -4.74. The number of hydrogen-bond acceptors (Lipinski definition) is 5. The highest BCUT2D eigenvalue weighted by molar-refractivity contribution is 7.11. The minimum Gasteiger partial charge on any atom is -0.406 e. The van der Waals surface area contributed by atoms with E-state index in [4.69, 9.17) is 0 Å². The summed E-state index contributed by atoms with van der Waals surface area (Å²) in [4.78, 5) is 9.75. The van der Waals surface area contributed by atoms with Crippen molar-refractivity contribution in [1.82, 2.24) is 15.6 Å². The van der Waals surface area contributed by atoms with Crippen molar-refractivity contribution in [2.75, 3.05) is 13.1 Å². The van der Waals surface area contributed by atoms with Gasteiger partial charge >= 0.3 is 6.36 Å². The second-order valence-corrected chi connectivity index (χ2v) is 6.89. The maximum absolute atomic E-state index is 12.2. The van der Waals surface area contributed by atoms with E-state index in [1.165, 1.54) is 12.1 Å². The van der Waals surface area contributed by atoms with E-state index in [1.54, 1.807) is 17.5 Å². The van der Waals surface area contributed by atoms with Gasteiger partial charge in [0.1, 0.15) is 10.8 Å². The Labute approximate surface area is 159 Å². The van der Waals surface area contributed by atoms with Crippen LogP contribution in [-0.2, 0) is 6.54 Å². The third-order valence-electron chi connectivity index (χ3n) is 3.35. The number of guanidine groups is 1. The molecular formula is C17H21F3N4O2S. The van der Waals surface area contributed by atoms with E-state index >= 15 is 0 Å². The maximum Gasteiger partial charge on any atom is 0.573 e. The van der Waals surface area contributed by atoms with Gasteiger partial charge in [-0.2, -0.15) is 0 Å². The fraction of sp³-hybridized carbons (Fsp3) is 0.412. The summed E-state index contributed by atoms with van der Waals surface area (Å²) in [7, 11) is 0. The van der Waals surface area contributed by atoms with E-state index in [2.05, 4.69) is 25.3 Å². The van der Waals surface area contributed by atoms with Crippen molar-refractivity contribution >= 4 is 17.3 Å². The number of benzene rings is 1. The summed E-state index contributed by atoms with van der Waals surface area (Å²) >= 11 is 1.56.